The maximum absolute atomic E-state index is 14.9. The summed E-state index contributed by atoms with van der Waals surface area (Å²) in [6.45, 7) is 5.17. The number of carbonyl (C=O) groups is 4. The maximum Gasteiger partial charge on any atom is 0.341 e. The van der Waals surface area contributed by atoms with Crippen LogP contribution in [0.2, 0.25) is 0 Å². The number of rotatable bonds is 12. The molecular weight excluding hydrogens is 797 g/mol. The molecule has 9 nitrogen and oxygen atoms in total. The van der Waals surface area contributed by atoms with E-state index >= 15 is 0 Å². The second-order valence-corrected chi connectivity index (χ2v) is 17.0. The van der Waals surface area contributed by atoms with Crippen molar-refractivity contribution in [2.45, 2.75) is 83.0 Å². The summed E-state index contributed by atoms with van der Waals surface area (Å²) >= 11 is 0. The summed E-state index contributed by atoms with van der Waals surface area (Å²) in [5, 5.41) is 0. The Kier molecular flexibility index (Phi) is 12.4. The molecule has 3 fully saturated rings. The Labute approximate surface area is 351 Å². The van der Waals surface area contributed by atoms with Crippen molar-refractivity contribution in [2.75, 3.05) is 19.8 Å². The molecule has 0 bridgehead atoms. The number of fused-ring (bicyclic) bond motifs is 2. The van der Waals surface area contributed by atoms with Gasteiger partial charge in [-0.2, -0.15) is 0 Å². The van der Waals surface area contributed by atoms with Crippen LogP contribution in [-0.2, 0) is 23.7 Å². The Morgan fingerprint density at radius 2 is 1.05 bits per heavy atom. The van der Waals surface area contributed by atoms with Crippen LogP contribution >= 0.6 is 0 Å². The molecule has 2 aliphatic carbocycles. The lowest BCUT2D eigenvalue weighted by atomic mass is 9.43. The minimum atomic E-state index is -1.25. The average Bonchev–Trinajstić information content (AvgIpc) is 3.64. The first-order valence-electron chi connectivity index (χ1n) is 20.5. The maximum atomic E-state index is 14.9. The van der Waals surface area contributed by atoms with E-state index in [0.29, 0.717) is 32.1 Å². The Morgan fingerprint density at radius 1 is 0.590 bits per heavy atom. The highest BCUT2D eigenvalue weighted by Gasteiger charge is 2.70. The molecule has 0 radical (unpaired) electrons. The molecule has 322 valence electrons. The largest absolute Gasteiger partial charge is 0.462 e. The predicted octanol–water partition coefficient (Wildman–Crippen LogP) is 9.87. The van der Waals surface area contributed by atoms with Gasteiger partial charge in [0.25, 0.3) is 0 Å². The summed E-state index contributed by atoms with van der Waals surface area (Å²) < 4.78 is 89.5. The number of esters is 4. The number of ether oxygens (including phenoxy) is 5. The lowest BCUT2D eigenvalue weighted by molar-refractivity contribution is -0.271. The zero-order chi connectivity index (χ0) is 43.6. The van der Waals surface area contributed by atoms with Crippen LogP contribution < -0.4 is 0 Å². The molecule has 13 heteroatoms. The lowest BCUT2D eigenvalue weighted by Crippen LogP contribution is -2.67. The van der Waals surface area contributed by atoms with Crippen LogP contribution in [0.15, 0.2) is 97.1 Å². The molecule has 7 atom stereocenters. The Balaban J connectivity index is 1.21. The van der Waals surface area contributed by atoms with Gasteiger partial charge in [-0.15, -0.1) is 0 Å². The van der Waals surface area contributed by atoms with Crippen molar-refractivity contribution in [3.05, 3.63) is 143 Å². The number of benzene rings is 4. The summed E-state index contributed by atoms with van der Waals surface area (Å²) in [7, 11) is 0. The quantitative estimate of drug-likeness (QED) is 0.0781. The first-order chi connectivity index (χ1) is 29.1. The first kappa shape index (κ1) is 43.5. The van der Waals surface area contributed by atoms with Gasteiger partial charge in [-0.25, -0.2) is 36.7 Å². The fraction of sp³-hybridized carbons (Fsp3) is 0.417. The molecule has 3 aliphatic rings. The van der Waals surface area contributed by atoms with E-state index in [9.17, 15) is 36.7 Å². The van der Waals surface area contributed by atoms with Gasteiger partial charge in [0.15, 0.2) is 0 Å². The van der Waals surface area contributed by atoms with Crippen molar-refractivity contribution in [3.8, 4) is 0 Å². The van der Waals surface area contributed by atoms with Gasteiger partial charge in [0.1, 0.15) is 48.2 Å². The lowest BCUT2D eigenvalue weighted by Gasteiger charge is -2.65. The normalized spacial score (nSPS) is 28.1. The zero-order valence-corrected chi connectivity index (χ0v) is 34.2. The van der Waals surface area contributed by atoms with Gasteiger partial charge in [0.2, 0.25) is 0 Å². The van der Waals surface area contributed by atoms with E-state index in [1.165, 1.54) is 72.8 Å². The van der Waals surface area contributed by atoms with Gasteiger partial charge in [-0.05, 0) is 98.9 Å². The van der Waals surface area contributed by atoms with Crippen molar-refractivity contribution >= 4 is 23.9 Å². The highest BCUT2D eigenvalue weighted by molar-refractivity contribution is 5.91. The van der Waals surface area contributed by atoms with E-state index in [2.05, 4.69) is 13.8 Å². The van der Waals surface area contributed by atoms with Crippen LogP contribution in [0.1, 0.15) is 107 Å². The smallest absolute Gasteiger partial charge is 0.341 e. The third-order valence-electron chi connectivity index (χ3n) is 13.6. The van der Waals surface area contributed by atoms with Crippen molar-refractivity contribution < 1.29 is 60.4 Å². The second kappa shape index (κ2) is 17.4. The fourth-order valence-corrected chi connectivity index (χ4v) is 10.3. The number of hydrogen-bond donors (Lipinski definition) is 0. The summed E-state index contributed by atoms with van der Waals surface area (Å²) in [5.74, 6) is -7.06. The van der Waals surface area contributed by atoms with Crippen molar-refractivity contribution in [2.24, 2.45) is 22.7 Å². The molecule has 1 spiro atoms. The Bertz CT molecular complexity index is 2300. The Hall–Kier alpha value is -5.56. The second-order valence-electron chi connectivity index (χ2n) is 17.0. The molecule has 0 amide bonds. The number of hydrogen-bond acceptors (Lipinski definition) is 9. The minimum absolute atomic E-state index is 0.0351. The average molecular weight is 845 g/mol. The SMILES string of the molecule is C[C@@H]1CCC2[C@](C)(COC(=O)c3ccccc3F)[C@@H](OC(=O)c3ccccc3F)CC[C@]2(C)[C@]12CCC(CCOC(=O)c1ccccc1F)(COC(=O)c1ccccc1F)O2. The molecule has 1 heterocycles. The topological polar surface area (TPSA) is 114 Å². The van der Waals surface area contributed by atoms with E-state index in [1.807, 2.05) is 6.92 Å². The van der Waals surface area contributed by atoms with Crippen LogP contribution in [0, 0.1) is 45.9 Å². The molecule has 1 saturated heterocycles. The van der Waals surface area contributed by atoms with E-state index in [0.717, 1.165) is 24.3 Å². The van der Waals surface area contributed by atoms with Gasteiger partial charge in [-0.1, -0.05) is 69.3 Å². The highest BCUT2D eigenvalue weighted by Crippen LogP contribution is 2.68. The van der Waals surface area contributed by atoms with Gasteiger partial charge < -0.3 is 23.7 Å². The first-order valence-corrected chi connectivity index (χ1v) is 20.5. The third kappa shape index (κ3) is 8.28. The van der Waals surface area contributed by atoms with Crippen LogP contribution in [0.5, 0.6) is 0 Å². The van der Waals surface area contributed by atoms with E-state index in [-0.39, 0.29) is 66.8 Å². The molecule has 0 aromatic heterocycles. The van der Waals surface area contributed by atoms with Gasteiger partial charge in [0, 0.05) is 17.3 Å². The van der Waals surface area contributed by atoms with Crippen molar-refractivity contribution in [3.63, 3.8) is 0 Å². The van der Waals surface area contributed by atoms with Crippen LogP contribution in [0.3, 0.4) is 0 Å². The number of halogens is 4. The van der Waals surface area contributed by atoms with E-state index in [4.69, 9.17) is 23.7 Å². The zero-order valence-electron chi connectivity index (χ0n) is 34.2. The molecular formula is C48H48F4O9. The van der Waals surface area contributed by atoms with Crippen LogP contribution in [0.25, 0.3) is 0 Å². The van der Waals surface area contributed by atoms with Gasteiger partial charge in [-0.3, -0.25) is 0 Å². The summed E-state index contributed by atoms with van der Waals surface area (Å²) in [6.07, 6.45) is 1.83. The van der Waals surface area contributed by atoms with Crippen LogP contribution in [0.4, 0.5) is 17.6 Å². The molecule has 7 rings (SSSR count). The monoisotopic (exact) mass is 844 g/mol. The fourth-order valence-electron chi connectivity index (χ4n) is 10.3. The standard InChI is InChI=1S/C48H48F4O9/c1-30-20-21-39-45(2,28-58-42(54)32-13-5-9-17-36(32)50)40(60-44(56)34-15-7-11-19-38(34)52)22-23-46(39,3)48(30)25-24-47(61-48,29-59-43(55)33-14-6-10-18-37(33)51)26-27-57-41(53)31-12-4-8-16-35(31)49/h4-19,30,39-40H,20-29H2,1-3H3/t30-,39?,40+,45+,46+,47?,48+/m1/s1. The van der Waals surface area contributed by atoms with E-state index in [1.54, 1.807) is 0 Å². The predicted molar refractivity (Wildman–Crippen MR) is 213 cm³/mol. The number of carbonyl (C=O) groups excluding carboxylic acids is 4. The molecule has 61 heavy (non-hydrogen) atoms. The van der Waals surface area contributed by atoms with Crippen molar-refractivity contribution in [1.82, 2.24) is 0 Å². The molecule has 4 aromatic carbocycles. The Morgan fingerprint density at radius 3 is 1.56 bits per heavy atom. The molecule has 4 aromatic rings. The minimum Gasteiger partial charge on any atom is -0.462 e. The highest BCUT2D eigenvalue weighted by atomic mass is 19.1. The molecule has 0 N–H and O–H groups in total. The van der Waals surface area contributed by atoms with Gasteiger partial charge >= 0.3 is 23.9 Å². The van der Waals surface area contributed by atoms with E-state index < -0.39 is 75.3 Å². The molecule has 1 aliphatic heterocycles. The van der Waals surface area contributed by atoms with Gasteiger partial charge in [0.05, 0.1) is 34.5 Å². The molecule has 2 unspecified atom stereocenters. The third-order valence-corrected chi connectivity index (χ3v) is 13.6. The molecule has 2 saturated carbocycles. The summed E-state index contributed by atoms with van der Waals surface area (Å²) in [5.41, 5.74) is -5.05. The van der Waals surface area contributed by atoms with Crippen LogP contribution in [-0.4, -0.2) is 61.0 Å². The summed E-state index contributed by atoms with van der Waals surface area (Å²) in [4.78, 5) is 53.3. The van der Waals surface area contributed by atoms with Crippen molar-refractivity contribution in [1.29, 1.82) is 0 Å². The summed E-state index contributed by atoms with van der Waals surface area (Å²) in [6, 6.07) is 21.8.